The van der Waals surface area contributed by atoms with Crippen LogP contribution in [-0.4, -0.2) is 39.0 Å². The lowest BCUT2D eigenvalue weighted by atomic mass is 9.78. The molecule has 0 unspecified atom stereocenters. The van der Waals surface area contributed by atoms with Gasteiger partial charge in [-0.25, -0.2) is 9.78 Å². The Morgan fingerprint density at radius 3 is 2.05 bits per heavy atom. The minimum Gasteiger partial charge on any atom is -0.490 e. The zero-order valence-electron chi connectivity index (χ0n) is 24.3. The fraction of sp³-hybridized carbons (Fsp3) is 0.375. The van der Waals surface area contributed by atoms with E-state index in [4.69, 9.17) is 18.6 Å². The van der Waals surface area contributed by atoms with Crippen molar-refractivity contribution in [3.05, 3.63) is 83.9 Å². The number of amides is 1. The molecule has 214 valence electrons. The van der Waals surface area contributed by atoms with Gasteiger partial charge >= 0.3 is 6.09 Å². The molecule has 2 aromatic carbocycles. The molecule has 1 aliphatic rings. The largest absolute Gasteiger partial charge is 0.490 e. The summed E-state index contributed by atoms with van der Waals surface area (Å²) in [5.74, 6) is 2.93. The average Bonchev–Trinajstić information content (AvgIpc) is 3.33. The van der Waals surface area contributed by atoms with Crippen molar-refractivity contribution in [2.75, 3.05) is 0 Å². The van der Waals surface area contributed by atoms with E-state index in [0.717, 1.165) is 29.7 Å². The molecule has 2 heterocycles. The number of pyridine rings is 1. The van der Waals surface area contributed by atoms with Crippen LogP contribution in [0.25, 0.3) is 11.5 Å². The molecule has 0 saturated heterocycles. The molecular weight excluding hydrogens is 520 g/mol. The summed E-state index contributed by atoms with van der Waals surface area (Å²) in [4.78, 5) is 16.3. The lowest BCUT2D eigenvalue weighted by molar-refractivity contribution is 0.0363. The Kier molecular flexibility index (Phi) is 7.71. The monoisotopic (exact) mass is 556 g/mol. The predicted octanol–water partition coefficient (Wildman–Crippen LogP) is 6.99. The number of ether oxygens (including phenoxy) is 3. The summed E-state index contributed by atoms with van der Waals surface area (Å²) >= 11 is 0. The topological polar surface area (TPSA) is 109 Å². The van der Waals surface area contributed by atoms with Gasteiger partial charge in [-0.05, 0) is 62.2 Å². The van der Waals surface area contributed by atoms with Crippen molar-refractivity contribution in [1.82, 2.24) is 20.5 Å². The van der Waals surface area contributed by atoms with Gasteiger partial charge in [0.1, 0.15) is 23.2 Å². The predicted molar refractivity (Wildman–Crippen MR) is 154 cm³/mol. The molecule has 9 nitrogen and oxygen atoms in total. The second-order valence-corrected chi connectivity index (χ2v) is 11.8. The van der Waals surface area contributed by atoms with Crippen LogP contribution >= 0.6 is 0 Å². The first-order valence-electron chi connectivity index (χ1n) is 13.8. The van der Waals surface area contributed by atoms with E-state index >= 15 is 0 Å². The molecule has 0 spiro atoms. The summed E-state index contributed by atoms with van der Waals surface area (Å²) in [7, 11) is 0. The Morgan fingerprint density at radius 2 is 1.51 bits per heavy atom. The molecule has 1 aliphatic carbocycles. The molecule has 4 aromatic rings. The lowest BCUT2D eigenvalue weighted by Crippen LogP contribution is -2.50. The van der Waals surface area contributed by atoms with E-state index in [-0.39, 0.29) is 23.7 Å². The van der Waals surface area contributed by atoms with Crippen LogP contribution in [-0.2, 0) is 10.2 Å². The number of aryl methyl sites for hydroxylation is 1. The Labute approximate surface area is 240 Å². The first kappa shape index (κ1) is 28.1. The van der Waals surface area contributed by atoms with E-state index in [1.54, 1.807) is 19.2 Å². The molecule has 41 heavy (non-hydrogen) atoms. The molecule has 2 aromatic heterocycles. The Bertz CT molecular complexity index is 1470. The van der Waals surface area contributed by atoms with Crippen molar-refractivity contribution in [2.24, 2.45) is 0 Å². The molecule has 0 aliphatic heterocycles. The number of rotatable bonds is 8. The van der Waals surface area contributed by atoms with E-state index < -0.39 is 5.60 Å². The highest BCUT2D eigenvalue weighted by atomic mass is 16.6. The maximum Gasteiger partial charge on any atom is 0.407 e. The first-order chi connectivity index (χ1) is 19.4. The third-order valence-electron chi connectivity index (χ3n) is 7.00. The normalized spacial score (nSPS) is 16.9. The van der Waals surface area contributed by atoms with Crippen LogP contribution in [0.4, 0.5) is 4.79 Å². The number of hydrogen-bond acceptors (Lipinski definition) is 8. The first-order valence-corrected chi connectivity index (χ1v) is 13.8. The van der Waals surface area contributed by atoms with Gasteiger partial charge in [0.2, 0.25) is 17.7 Å². The molecule has 0 bridgehead atoms. The summed E-state index contributed by atoms with van der Waals surface area (Å²) in [5.41, 5.74) is 2.34. The second kappa shape index (κ2) is 11.2. The van der Waals surface area contributed by atoms with Crippen LogP contribution in [0, 0.1) is 6.92 Å². The van der Waals surface area contributed by atoms with E-state index in [2.05, 4.69) is 58.6 Å². The number of aromatic nitrogens is 3. The molecule has 1 fully saturated rings. The van der Waals surface area contributed by atoms with Crippen LogP contribution in [0.1, 0.15) is 64.5 Å². The highest BCUT2D eigenvalue weighted by molar-refractivity contribution is 5.68. The summed E-state index contributed by atoms with van der Waals surface area (Å²) < 4.78 is 22.8. The van der Waals surface area contributed by atoms with Gasteiger partial charge < -0.3 is 23.9 Å². The Hall–Kier alpha value is -4.40. The van der Waals surface area contributed by atoms with E-state index in [9.17, 15) is 4.79 Å². The van der Waals surface area contributed by atoms with E-state index in [1.807, 2.05) is 51.1 Å². The van der Waals surface area contributed by atoms with E-state index in [0.29, 0.717) is 23.4 Å². The average molecular weight is 557 g/mol. The summed E-state index contributed by atoms with van der Waals surface area (Å²) in [6.07, 6.45) is 2.87. The second-order valence-electron chi connectivity index (χ2n) is 11.8. The van der Waals surface area contributed by atoms with E-state index in [1.165, 1.54) is 5.56 Å². The Balaban J connectivity index is 1.13. The zero-order chi connectivity index (χ0) is 29.2. The fourth-order valence-corrected chi connectivity index (χ4v) is 4.60. The van der Waals surface area contributed by atoms with Gasteiger partial charge in [0.05, 0.1) is 5.56 Å². The van der Waals surface area contributed by atoms with Crippen LogP contribution in [0.5, 0.6) is 17.4 Å². The third kappa shape index (κ3) is 7.03. The third-order valence-corrected chi connectivity index (χ3v) is 7.00. The van der Waals surface area contributed by atoms with Crippen LogP contribution in [0.3, 0.4) is 0 Å². The minimum atomic E-state index is -0.503. The number of carbonyl (C=O) groups excluding carboxylic acids is 1. The SMILES string of the molecule is Cc1nnc(-c2ccc(Oc3ccc(C(C)(C)c4ccc(OC5CC(NC(=O)OC(C)(C)C)C5)cc4)cc3)nc2)o1. The number of carbonyl (C=O) groups is 1. The number of benzene rings is 2. The highest BCUT2D eigenvalue weighted by Crippen LogP contribution is 2.35. The van der Waals surface area contributed by atoms with Gasteiger partial charge in [-0.2, -0.15) is 0 Å². The standard InChI is InChI=1S/C32H36N4O5/c1-20-35-36-29(38-20)21-7-16-28(33-19-21)40-26-14-10-23(11-15-26)32(5,6)22-8-12-25(13-9-22)39-27-17-24(18-27)34-30(37)41-31(2,3)4/h7-16,19,24,27H,17-18H2,1-6H3,(H,34,37). The quantitative estimate of drug-likeness (QED) is 0.247. The van der Waals surface area contributed by atoms with Gasteiger partial charge in [0, 0.05) is 43.5 Å². The summed E-state index contributed by atoms with van der Waals surface area (Å²) in [5, 5.41) is 10.8. The van der Waals surface area contributed by atoms with Gasteiger partial charge in [-0.1, -0.05) is 38.1 Å². The maximum atomic E-state index is 11.9. The summed E-state index contributed by atoms with van der Waals surface area (Å²) in [6, 6.07) is 20.0. The smallest absolute Gasteiger partial charge is 0.407 e. The van der Waals surface area contributed by atoms with Crippen molar-refractivity contribution in [2.45, 2.75) is 77.5 Å². The molecule has 1 amide bonds. The van der Waals surface area contributed by atoms with Crippen LogP contribution in [0.15, 0.2) is 71.3 Å². The number of nitrogens with one attached hydrogen (secondary N) is 1. The fourth-order valence-electron chi connectivity index (χ4n) is 4.60. The van der Waals surface area contributed by atoms with Gasteiger partial charge in [-0.15, -0.1) is 10.2 Å². The molecule has 1 saturated carbocycles. The van der Waals surface area contributed by atoms with Crippen molar-refractivity contribution in [3.63, 3.8) is 0 Å². The Morgan fingerprint density at radius 1 is 0.878 bits per heavy atom. The molecule has 1 N–H and O–H groups in total. The van der Waals surface area contributed by atoms with Crippen molar-refractivity contribution in [1.29, 1.82) is 0 Å². The van der Waals surface area contributed by atoms with Crippen molar-refractivity contribution in [3.8, 4) is 28.8 Å². The molecule has 0 atom stereocenters. The maximum absolute atomic E-state index is 11.9. The highest BCUT2D eigenvalue weighted by Gasteiger charge is 2.33. The lowest BCUT2D eigenvalue weighted by Gasteiger charge is -2.36. The minimum absolute atomic E-state index is 0.0787. The van der Waals surface area contributed by atoms with Crippen molar-refractivity contribution >= 4 is 6.09 Å². The number of alkyl carbamates (subject to hydrolysis) is 1. The number of nitrogens with zero attached hydrogens (tertiary/aromatic N) is 3. The molecule has 0 radical (unpaired) electrons. The van der Waals surface area contributed by atoms with Crippen LogP contribution in [0.2, 0.25) is 0 Å². The number of hydrogen-bond donors (Lipinski definition) is 1. The zero-order valence-corrected chi connectivity index (χ0v) is 24.3. The van der Waals surface area contributed by atoms with Crippen LogP contribution < -0.4 is 14.8 Å². The molecule has 5 rings (SSSR count). The molecular formula is C32H36N4O5. The summed E-state index contributed by atoms with van der Waals surface area (Å²) in [6.45, 7) is 11.7. The van der Waals surface area contributed by atoms with Gasteiger partial charge in [0.15, 0.2) is 0 Å². The van der Waals surface area contributed by atoms with Gasteiger partial charge in [0.25, 0.3) is 0 Å². The molecule has 9 heteroatoms. The van der Waals surface area contributed by atoms with Crippen molar-refractivity contribution < 1.29 is 23.4 Å². The van der Waals surface area contributed by atoms with Gasteiger partial charge in [-0.3, -0.25) is 0 Å².